The lowest BCUT2D eigenvalue weighted by molar-refractivity contribution is 0.157. The fraction of sp³-hybridized carbons (Fsp3) is 1.00. The minimum absolute atomic E-state index is 0.724. The molecule has 2 rings (SSSR count). The zero-order chi connectivity index (χ0) is 12.8. The van der Waals surface area contributed by atoms with Gasteiger partial charge in [-0.1, -0.05) is 6.92 Å². The number of rotatable bonds is 5. The predicted molar refractivity (Wildman–Crippen MR) is 82.4 cm³/mol. The van der Waals surface area contributed by atoms with Crippen LogP contribution in [0.2, 0.25) is 0 Å². The summed E-state index contributed by atoms with van der Waals surface area (Å²) >= 11 is 2.12. The molecule has 0 aromatic carbocycles. The van der Waals surface area contributed by atoms with Crippen molar-refractivity contribution in [2.75, 3.05) is 31.1 Å². The van der Waals surface area contributed by atoms with Crippen molar-refractivity contribution in [3.8, 4) is 0 Å². The Labute approximate surface area is 117 Å². The molecule has 3 heteroatoms. The van der Waals surface area contributed by atoms with Gasteiger partial charge in [-0.3, -0.25) is 0 Å². The van der Waals surface area contributed by atoms with E-state index in [1.807, 2.05) is 0 Å². The van der Waals surface area contributed by atoms with E-state index >= 15 is 0 Å². The maximum Gasteiger partial charge on any atom is 0.00853 e. The summed E-state index contributed by atoms with van der Waals surface area (Å²) in [6.45, 7) is 8.66. The fourth-order valence-electron chi connectivity index (χ4n) is 3.36. The van der Waals surface area contributed by atoms with Crippen LogP contribution in [-0.4, -0.2) is 48.1 Å². The standard InChI is InChI=1S/C15H30N2S/c1-3-8-17-9-4-14(5-10-17)13(2)16-15-6-11-18-12-7-15/h13-16H,3-12H2,1-2H3. The van der Waals surface area contributed by atoms with Crippen LogP contribution in [0.4, 0.5) is 0 Å². The quantitative estimate of drug-likeness (QED) is 0.827. The highest BCUT2D eigenvalue weighted by atomic mass is 32.2. The summed E-state index contributed by atoms with van der Waals surface area (Å²) in [5.74, 6) is 3.63. The van der Waals surface area contributed by atoms with Crippen molar-refractivity contribution in [3.63, 3.8) is 0 Å². The molecule has 2 aliphatic rings. The summed E-state index contributed by atoms with van der Waals surface area (Å²) in [6.07, 6.45) is 6.86. The van der Waals surface area contributed by atoms with Gasteiger partial charge in [0.15, 0.2) is 0 Å². The number of nitrogens with one attached hydrogen (secondary N) is 1. The van der Waals surface area contributed by atoms with Crippen molar-refractivity contribution < 1.29 is 0 Å². The second-order valence-electron chi connectivity index (χ2n) is 6.02. The summed E-state index contributed by atoms with van der Waals surface area (Å²) in [7, 11) is 0. The predicted octanol–water partition coefficient (Wildman–Crippen LogP) is 2.98. The molecule has 2 nitrogen and oxygen atoms in total. The molecule has 1 unspecified atom stereocenters. The average molecular weight is 270 g/mol. The third-order valence-corrected chi connectivity index (χ3v) is 5.65. The van der Waals surface area contributed by atoms with Crippen LogP contribution in [-0.2, 0) is 0 Å². The van der Waals surface area contributed by atoms with E-state index < -0.39 is 0 Å². The molecule has 18 heavy (non-hydrogen) atoms. The summed E-state index contributed by atoms with van der Waals surface area (Å²) < 4.78 is 0. The monoisotopic (exact) mass is 270 g/mol. The van der Waals surface area contributed by atoms with Crippen LogP contribution in [0, 0.1) is 5.92 Å². The molecule has 0 aliphatic carbocycles. The number of likely N-dealkylation sites (tertiary alicyclic amines) is 1. The Kier molecular flexibility index (Phi) is 6.33. The van der Waals surface area contributed by atoms with Gasteiger partial charge in [0, 0.05) is 12.1 Å². The minimum atomic E-state index is 0.724. The van der Waals surface area contributed by atoms with Gasteiger partial charge in [-0.05, 0) is 76.1 Å². The third kappa shape index (κ3) is 4.43. The van der Waals surface area contributed by atoms with E-state index in [-0.39, 0.29) is 0 Å². The molecule has 0 aromatic heterocycles. The van der Waals surface area contributed by atoms with E-state index in [2.05, 4.69) is 35.8 Å². The van der Waals surface area contributed by atoms with Gasteiger partial charge in [-0.2, -0.15) is 11.8 Å². The highest BCUT2D eigenvalue weighted by Gasteiger charge is 2.25. The Morgan fingerprint density at radius 1 is 1.17 bits per heavy atom. The minimum Gasteiger partial charge on any atom is -0.311 e. The molecule has 2 saturated heterocycles. The van der Waals surface area contributed by atoms with E-state index in [0.29, 0.717) is 0 Å². The molecule has 2 heterocycles. The normalized spacial score (nSPS) is 26.3. The second-order valence-corrected chi connectivity index (χ2v) is 7.25. The van der Waals surface area contributed by atoms with Crippen LogP contribution in [0.3, 0.4) is 0 Å². The van der Waals surface area contributed by atoms with E-state index in [9.17, 15) is 0 Å². The van der Waals surface area contributed by atoms with Crippen molar-refractivity contribution >= 4 is 11.8 Å². The lowest BCUT2D eigenvalue weighted by Gasteiger charge is -2.37. The third-order valence-electron chi connectivity index (χ3n) is 4.60. The zero-order valence-corrected chi connectivity index (χ0v) is 13.0. The highest BCUT2D eigenvalue weighted by molar-refractivity contribution is 7.99. The molecular weight excluding hydrogens is 240 g/mol. The first-order valence-corrected chi connectivity index (χ1v) is 9.01. The van der Waals surface area contributed by atoms with Crippen LogP contribution in [0.15, 0.2) is 0 Å². The summed E-state index contributed by atoms with van der Waals surface area (Å²) in [5.41, 5.74) is 0. The van der Waals surface area contributed by atoms with Gasteiger partial charge in [0.05, 0.1) is 0 Å². The van der Waals surface area contributed by atoms with Gasteiger partial charge in [0.25, 0.3) is 0 Å². The number of hydrogen-bond donors (Lipinski definition) is 1. The molecule has 0 bridgehead atoms. The molecule has 0 saturated carbocycles. The Balaban J connectivity index is 1.68. The lowest BCUT2D eigenvalue weighted by Crippen LogP contribution is -2.46. The molecule has 2 fully saturated rings. The Morgan fingerprint density at radius 2 is 1.83 bits per heavy atom. The lowest BCUT2D eigenvalue weighted by atomic mass is 9.89. The van der Waals surface area contributed by atoms with Crippen molar-refractivity contribution in [1.82, 2.24) is 10.2 Å². The first-order valence-electron chi connectivity index (χ1n) is 7.85. The average Bonchev–Trinajstić information content (AvgIpc) is 2.41. The van der Waals surface area contributed by atoms with E-state index in [1.54, 1.807) is 0 Å². The smallest absolute Gasteiger partial charge is 0.00853 e. The van der Waals surface area contributed by atoms with E-state index in [0.717, 1.165) is 18.0 Å². The number of thioether (sulfide) groups is 1. The van der Waals surface area contributed by atoms with Gasteiger partial charge in [-0.15, -0.1) is 0 Å². The number of hydrogen-bond acceptors (Lipinski definition) is 3. The Hall–Kier alpha value is 0.270. The summed E-state index contributed by atoms with van der Waals surface area (Å²) in [5, 5.41) is 3.90. The van der Waals surface area contributed by atoms with Crippen molar-refractivity contribution in [1.29, 1.82) is 0 Å². The maximum atomic E-state index is 3.90. The Morgan fingerprint density at radius 3 is 2.44 bits per heavy atom. The van der Waals surface area contributed by atoms with Crippen LogP contribution in [0.1, 0.15) is 46.0 Å². The number of nitrogens with zero attached hydrogens (tertiary/aromatic N) is 1. The largest absolute Gasteiger partial charge is 0.311 e. The van der Waals surface area contributed by atoms with E-state index in [4.69, 9.17) is 0 Å². The van der Waals surface area contributed by atoms with Gasteiger partial charge < -0.3 is 10.2 Å². The molecular formula is C15H30N2S. The van der Waals surface area contributed by atoms with E-state index in [1.165, 1.54) is 63.2 Å². The topological polar surface area (TPSA) is 15.3 Å². The molecule has 106 valence electrons. The molecule has 1 atom stereocenters. The molecule has 0 aromatic rings. The molecule has 0 amide bonds. The highest BCUT2D eigenvalue weighted by Crippen LogP contribution is 2.23. The summed E-state index contributed by atoms with van der Waals surface area (Å²) in [4.78, 5) is 2.64. The van der Waals surface area contributed by atoms with Crippen LogP contribution in [0.5, 0.6) is 0 Å². The van der Waals surface area contributed by atoms with Crippen molar-refractivity contribution in [2.24, 2.45) is 5.92 Å². The summed E-state index contributed by atoms with van der Waals surface area (Å²) in [6, 6.07) is 1.52. The first-order chi connectivity index (χ1) is 8.79. The SMILES string of the molecule is CCCN1CCC(C(C)NC2CCSCC2)CC1. The first kappa shape index (κ1) is 14.7. The van der Waals surface area contributed by atoms with Gasteiger partial charge in [0.2, 0.25) is 0 Å². The fourth-order valence-corrected chi connectivity index (χ4v) is 4.47. The molecule has 0 radical (unpaired) electrons. The zero-order valence-electron chi connectivity index (χ0n) is 12.2. The van der Waals surface area contributed by atoms with Crippen LogP contribution < -0.4 is 5.32 Å². The van der Waals surface area contributed by atoms with Gasteiger partial charge >= 0.3 is 0 Å². The van der Waals surface area contributed by atoms with Crippen LogP contribution >= 0.6 is 11.8 Å². The molecule has 2 aliphatic heterocycles. The maximum absolute atomic E-state index is 3.90. The molecule has 1 N–H and O–H groups in total. The van der Waals surface area contributed by atoms with Crippen molar-refractivity contribution in [3.05, 3.63) is 0 Å². The van der Waals surface area contributed by atoms with Gasteiger partial charge in [-0.25, -0.2) is 0 Å². The number of piperidine rings is 1. The molecule has 0 spiro atoms. The Bertz CT molecular complexity index is 221. The van der Waals surface area contributed by atoms with Gasteiger partial charge in [0.1, 0.15) is 0 Å². The second kappa shape index (κ2) is 7.76. The van der Waals surface area contributed by atoms with Crippen LogP contribution in [0.25, 0.3) is 0 Å². The van der Waals surface area contributed by atoms with Crippen molar-refractivity contribution in [2.45, 2.75) is 58.0 Å².